The Hall–Kier alpha value is 1.32. The van der Waals surface area contributed by atoms with Gasteiger partial charge < -0.3 is 2.85 Å². The van der Waals surface area contributed by atoms with Crippen LogP contribution in [0.1, 0.15) is 29.0 Å². The molecule has 0 rings (SSSR count). The molecule has 0 aliphatic carbocycles. The fraction of sp³-hybridized carbons (Fsp3) is 1.00. The van der Waals surface area contributed by atoms with Gasteiger partial charge in [-0.05, 0) is 17.4 Å². The molecule has 0 spiro atoms. The van der Waals surface area contributed by atoms with E-state index in [0.29, 0.717) is 6.16 Å². The van der Waals surface area contributed by atoms with Crippen molar-refractivity contribution in [2.45, 2.75) is 26.2 Å². The molecular formula is C5H14CaO2P+. The minimum atomic E-state index is -1.86. The zero-order valence-corrected chi connectivity index (χ0v) is 8.94. The zero-order chi connectivity index (χ0) is 6.41. The van der Waals surface area contributed by atoms with Crippen LogP contribution in [0.2, 0.25) is 0 Å². The molecule has 2 nitrogen and oxygen atoms in total. The molecule has 52 valence electrons. The maximum Gasteiger partial charge on any atom is 2.00 e. The minimum Gasteiger partial charge on any atom is -1.00 e. The standard InChI is InChI=1S/C5H11O2P.Ca.2H/c1-2-3-4-5-8(6)7;;;/h2-5H2,1H3;;;/q;+2;2*-1/p+1. The van der Waals surface area contributed by atoms with Crippen LogP contribution in [0, 0.1) is 0 Å². The van der Waals surface area contributed by atoms with E-state index < -0.39 is 8.03 Å². The molecule has 0 aromatic heterocycles. The molecule has 0 radical (unpaired) electrons. The van der Waals surface area contributed by atoms with Crippen molar-refractivity contribution in [1.29, 1.82) is 0 Å². The summed E-state index contributed by atoms with van der Waals surface area (Å²) in [6.07, 6.45) is 3.55. The van der Waals surface area contributed by atoms with Crippen LogP contribution in [-0.2, 0) is 4.57 Å². The minimum absolute atomic E-state index is 0. The summed E-state index contributed by atoms with van der Waals surface area (Å²) in [5.41, 5.74) is 0. The molecule has 0 bridgehead atoms. The molecule has 0 aromatic carbocycles. The van der Waals surface area contributed by atoms with E-state index in [-0.39, 0.29) is 40.6 Å². The van der Waals surface area contributed by atoms with E-state index in [2.05, 4.69) is 6.92 Å². The summed E-state index contributed by atoms with van der Waals surface area (Å²) in [5.74, 6) is 0. The molecule has 4 heteroatoms. The Bertz CT molecular complexity index is 84.9. The van der Waals surface area contributed by atoms with Gasteiger partial charge in [-0.1, -0.05) is 13.3 Å². The van der Waals surface area contributed by atoms with Crippen LogP contribution < -0.4 is 0 Å². The van der Waals surface area contributed by atoms with Gasteiger partial charge in [0.25, 0.3) is 0 Å². The smallest absolute Gasteiger partial charge is 1.00 e. The third-order valence-electron chi connectivity index (χ3n) is 0.953. The average molecular weight is 177 g/mol. The van der Waals surface area contributed by atoms with Gasteiger partial charge in [0.05, 0.1) is 0 Å². The third-order valence-corrected chi connectivity index (χ3v) is 1.65. The summed E-state index contributed by atoms with van der Waals surface area (Å²) < 4.78 is 10.0. The number of unbranched alkanes of at least 4 members (excludes halogenated alkanes) is 2. The quantitative estimate of drug-likeness (QED) is 0.403. The third kappa shape index (κ3) is 12.5. The largest absolute Gasteiger partial charge is 2.00 e. The predicted molar refractivity (Wildman–Crippen MR) is 42.2 cm³/mol. The van der Waals surface area contributed by atoms with Crippen molar-refractivity contribution >= 4 is 45.8 Å². The molecule has 9 heavy (non-hydrogen) atoms. The summed E-state index contributed by atoms with van der Waals surface area (Å²) in [7, 11) is -1.86. The van der Waals surface area contributed by atoms with Crippen LogP contribution in [0.3, 0.4) is 0 Å². The van der Waals surface area contributed by atoms with Gasteiger partial charge in [0.15, 0.2) is 6.16 Å². The molecule has 0 heterocycles. The van der Waals surface area contributed by atoms with Crippen LogP contribution in [0.5, 0.6) is 0 Å². The maximum atomic E-state index is 10.0. The van der Waals surface area contributed by atoms with E-state index in [0.717, 1.165) is 19.3 Å². The van der Waals surface area contributed by atoms with E-state index in [1.807, 2.05) is 0 Å². The molecule has 0 aromatic rings. The number of rotatable bonds is 4. The summed E-state index contributed by atoms with van der Waals surface area (Å²) in [6, 6.07) is 0. The second kappa shape index (κ2) is 9.32. The summed E-state index contributed by atoms with van der Waals surface area (Å²) >= 11 is 0. The molecule has 1 N–H and O–H groups in total. The van der Waals surface area contributed by atoms with Gasteiger partial charge in [0, 0.05) is 0 Å². The number of hydrogen-bond acceptors (Lipinski definition) is 1. The van der Waals surface area contributed by atoms with E-state index in [1.165, 1.54) is 0 Å². The van der Waals surface area contributed by atoms with Gasteiger partial charge in [0.2, 0.25) is 0 Å². The normalized spacial score (nSPS) is 10.2. The molecule has 1 unspecified atom stereocenters. The molecule has 0 aliphatic heterocycles. The Balaban J connectivity index is -0.0000000817. The molecule has 0 aliphatic rings. The molecule has 0 fully saturated rings. The molecule has 0 saturated carbocycles. The van der Waals surface area contributed by atoms with Crippen LogP contribution in [0.4, 0.5) is 0 Å². The molecule has 0 amide bonds. The topological polar surface area (TPSA) is 37.3 Å². The van der Waals surface area contributed by atoms with Crippen LogP contribution in [0.15, 0.2) is 0 Å². The van der Waals surface area contributed by atoms with Gasteiger partial charge in [-0.25, -0.2) is 0 Å². The van der Waals surface area contributed by atoms with Gasteiger partial charge >= 0.3 is 45.8 Å². The first-order valence-electron chi connectivity index (χ1n) is 2.91. The van der Waals surface area contributed by atoms with Gasteiger partial charge in [0.1, 0.15) is 0 Å². The Kier molecular flexibility index (Phi) is 13.4. The molecule has 0 saturated heterocycles. The molecule has 1 atom stereocenters. The van der Waals surface area contributed by atoms with E-state index in [4.69, 9.17) is 4.89 Å². The van der Waals surface area contributed by atoms with E-state index >= 15 is 0 Å². The maximum absolute atomic E-state index is 10.0. The van der Waals surface area contributed by atoms with Crippen LogP contribution >= 0.6 is 8.03 Å². The fourth-order valence-corrected chi connectivity index (χ4v) is 0.991. The van der Waals surface area contributed by atoms with Crippen molar-refractivity contribution in [3.05, 3.63) is 0 Å². The van der Waals surface area contributed by atoms with Crippen LogP contribution in [0.25, 0.3) is 0 Å². The first-order chi connectivity index (χ1) is 3.77. The number of hydrogen-bond donors (Lipinski definition) is 1. The first-order valence-corrected chi connectivity index (χ1v) is 4.30. The first kappa shape index (κ1) is 12.9. The fourth-order valence-electron chi connectivity index (χ4n) is 0.497. The molecular weight excluding hydrogens is 163 g/mol. The average Bonchev–Trinajstić information content (AvgIpc) is 1.66. The Morgan fingerprint density at radius 1 is 1.56 bits per heavy atom. The van der Waals surface area contributed by atoms with E-state index in [9.17, 15) is 4.57 Å². The summed E-state index contributed by atoms with van der Waals surface area (Å²) in [5, 5.41) is 0. The van der Waals surface area contributed by atoms with Crippen molar-refractivity contribution in [2.75, 3.05) is 6.16 Å². The Morgan fingerprint density at radius 3 is 2.44 bits per heavy atom. The summed E-state index contributed by atoms with van der Waals surface area (Å²) in [4.78, 5) is 8.29. The zero-order valence-electron chi connectivity index (χ0n) is 7.84. The van der Waals surface area contributed by atoms with Crippen molar-refractivity contribution in [2.24, 2.45) is 0 Å². The Labute approximate surface area is 89.9 Å². The van der Waals surface area contributed by atoms with Gasteiger partial charge in [-0.2, -0.15) is 4.89 Å². The second-order valence-corrected chi connectivity index (χ2v) is 2.93. The van der Waals surface area contributed by atoms with Crippen molar-refractivity contribution in [1.82, 2.24) is 0 Å². The van der Waals surface area contributed by atoms with Crippen molar-refractivity contribution < 1.29 is 12.3 Å². The summed E-state index contributed by atoms with van der Waals surface area (Å²) in [6.45, 7) is 2.07. The second-order valence-electron chi connectivity index (χ2n) is 1.78. The Morgan fingerprint density at radius 2 is 2.11 bits per heavy atom. The van der Waals surface area contributed by atoms with Crippen molar-refractivity contribution in [3.63, 3.8) is 0 Å². The SMILES string of the molecule is CCCCC[P+](=O)O.[Ca+2].[H-].[H-]. The van der Waals surface area contributed by atoms with Crippen LogP contribution in [-0.4, -0.2) is 48.8 Å². The predicted octanol–water partition coefficient (Wildman–Crippen LogP) is 1.76. The van der Waals surface area contributed by atoms with Gasteiger partial charge in [-0.15, -0.1) is 0 Å². The van der Waals surface area contributed by atoms with Crippen molar-refractivity contribution in [3.8, 4) is 0 Å². The van der Waals surface area contributed by atoms with E-state index in [1.54, 1.807) is 0 Å². The van der Waals surface area contributed by atoms with Gasteiger partial charge in [-0.3, -0.25) is 0 Å². The monoisotopic (exact) mass is 177 g/mol.